The molecular formula is C34H54. The van der Waals surface area contributed by atoms with Gasteiger partial charge in [0.15, 0.2) is 0 Å². The Kier molecular flexibility index (Phi) is 18.9. The third-order valence-corrected chi connectivity index (χ3v) is 5.77. The lowest BCUT2D eigenvalue weighted by molar-refractivity contribution is 0.215. The van der Waals surface area contributed by atoms with Gasteiger partial charge in [-0.1, -0.05) is 118 Å². The van der Waals surface area contributed by atoms with Crippen molar-refractivity contribution in [3.05, 3.63) is 101 Å². The molecule has 0 atom stereocenters. The van der Waals surface area contributed by atoms with Crippen molar-refractivity contribution in [3.63, 3.8) is 0 Å². The maximum atomic E-state index is 3.95. The zero-order valence-electron chi connectivity index (χ0n) is 24.4. The van der Waals surface area contributed by atoms with Crippen LogP contribution in [0.2, 0.25) is 0 Å². The second kappa shape index (κ2) is 19.0. The lowest BCUT2D eigenvalue weighted by atomic mass is 9.66. The Hall–Kier alpha value is -2.34. The molecule has 3 rings (SSSR count). The molecule has 0 nitrogen and oxygen atoms in total. The van der Waals surface area contributed by atoms with Crippen LogP contribution in [0.15, 0.2) is 72.8 Å². The molecule has 34 heavy (non-hydrogen) atoms. The van der Waals surface area contributed by atoms with Gasteiger partial charge in [-0.25, -0.2) is 0 Å². The highest BCUT2D eigenvalue weighted by Gasteiger charge is 2.31. The summed E-state index contributed by atoms with van der Waals surface area (Å²) in [6, 6.07) is 15.1. The normalized spacial score (nSPS) is 12.7. The number of hydrogen-bond acceptors (Lipinski definition) is 0. The SMILES string of the molecule is C=C(C)C.C=C(C)C1(C)CCC1.CC.CC/C=C/c1ccc(C)cc1.Cc1ccc(C)c(C)c1. The van der Waals surface area contributed by atoms with E-state index in [4.69, 9.17) is 0 Å². The highest BCUT2D eigenvalue weighted by Crippen LogP contribution is 2.45. The van der Waals surface area contributed by atoms with E-state index in [1.807, 2.05) is 27.7 Å². The molecule has 0 aliphatic heterocycles. The molecule has 0 spiro atoms. The largest absolute Gasteiger partial charge is 0.100 e. The van der Waals surface area contributed by atoms with Crippen LogP contribution in [0.3, 0.4) is 0 Å². The van der Waals surface area contributed by atoms with E-state index < -0.39 is 0 Å². The van der Waals surface area contributed by atoms with Crippen LogP contribution in [0.1, 0.15) is 102 Å². The molecule has 1 aliphatic carbocycles. The molecule has 190 valence electrons. The molecule has 0 amide bonds. The number of benzene rings is 2. The van der Waals surface area contributed by atoms with Crippen molar-refractivity contribution in [3.8, 4) is 0 Å². The van der Waals surface area contributed by atoms with Crippen LogP contribution in [-0.4, -0.2) is 0 Å². The van der Waals surface area contributed by atoms with Crippen molar-refractivity contribution < 1.29 is 0 Å². The topological polar surface area (TPSA) is 0 Å². The van der Waals surface area contributed by atoms with Crippen molar-refractivity contribution in [2.75, 3.05) is 0 Å². The van der Waals surface area contributed by atoms with Crippen LogP contribution >= 0.6 is 0 Å². The average molecular weight is 463 g/mol. The summed E-state index contributed by atoms with van der Waals surface area (Å²) in [6.07, 6.45) is 9.56. The second-order valence-electron chi connectivity index (χ2n) is 9.71. The van der Waals surface area contributed by atoms with Crippen molar-refractivity contribution in [2.45, 2.75) is 102 Å². The second-order valence-corrected chi connectivity index (χ2v) is 9.71. The Labute approximate surface area is 213 Å². The van der Waals surface area contributed by atoms with E-state index in [9.17, 15) is 0 Å². The Morgan fingerprint density at radius 2 is 1.29 bits per heavy atom. The maximum Gasteiger partial charge on any atom is -0.0122 e. The molecule has 0 heterocycles. The van der Waals surface area contributed by atoms with Gasteiger partial charge in [-0.3, -0.25) is 0 Å². The quantitative estimate of drug-likeness (QED) is 0.398. The molecule has 0 radical (unpaired) electrons. The smallest absolute Gasteiger partial charge is 0.0122 e. The zero-order valence-corrected chi connectivity index (χ0v) is 24.4. The van der Waals surface area contributed by atoms with E-state index in [2.05, 4.69) is 116 Å². The minimum absolute atomic E-state index is 0.528. The summed E-state index contributed by atoms with van der Waals surface area (Å²) in [4.78, 5) is 0. The number of rotatable bonds is 3. The van der Waals surface area contributed by atoms with Gasteiger partial charge in [0.1, 0.15) is 0 Å². The fourth-order valence-corrected chi connectivity index (χ4v) is 2.96. The van der Waals surface area contributed by atoms with Crippen molar-refractivity contribution in [2.24, 2.45) is 5.41 Å². The van der Waals surface area contributed by atoms with Gasteiger partial charge in [0.05, 0.1) is 0 Å². The van der Waals surface area contributed by atoms with Crippen molar-refractivity contribution in [1.82, 2.24) is 0 Å². The van der Waals surface area contributed by atoms with E-state index in [-0.39, 0.29) is 0 Å². The Morgan fingerprint density at radius 3 is 1.59 bits per heavy atom. The summed E-state index contributed by atoms with van der Waals surface area (Å²) in [5.74, 6) is 0. The van der Waals surface area contributed by atoms with Crippen LogP contribution < -0.4 is 0 Å². The van der Waals surface area contributed by atoms with Gasteiger partial charge in [-0.15, -0.1) is 6.58 Å². The van der Waals surface area contributed by atoms with Gasteiger partial charge in [0, 0.05) is 0 Å². The predicted octanol–water partition coefficient (Wildman–Crippen LogP) is 11.4. The molecule has 0 heteroatoms. The van der Waals surface area contributed by atoms with Crippen molar-refractivity contribution in [1.29, 1.82) is 0 Å². The molecule has 0 N–H and O–H groups in total. The average Bonchev–Trinajstić information content (AvgIpc) is 2.76. The summed E-state index contributed by atoms with van der Waals surface area (Å²) in [5, 5.41) is 0. The van der Waals surface area contributed by atoms with Gasteiger partial charge in [-0.05, 0) is 89.8 Å². The van der Waals surface area contributed by atoms with Gasteiger partial charge < -0.3 is 0 Å². The Morgan fingerprint density at radius 1 is 0.824 bits per heavy atom. The summed E-state index contributed by atoms with van der Waals surface area (Å²) in [5.41, 5.74) is 9.77. The highest BCUT2D eigenvalue weighted by atomic mass is 14.4. The monoisotopic (exact) mass is 462 g/mol. The first-order valence-electron chi connectivity index (χ1n) is 13.0. The highest BCUT2D eigenvalue weighted by molar-refractivity contribution is 5.49. The van der Waals surface area contributed by atoms with Crippen LogP contribution in [0.25, 0.3) is 6.08 Å². The predicted molar refractivity (Wildman–Crippen MR) is 160 cm³/mol. The summed E-state index contributed by atoms with van der Waals surface area (Å²) >= 11 is 0. The fourth-order valence-electron chi connectivity index (χ4n) is 2.96. The molecule has 0 aromatic heterocycles. The summed E-state index contributed by atoms with van der Waals surface area (Å²) in [7, 11) is 0. The molecule has 2 aromatic rings. The summed E-state index contributed by atoms with van der Waals surface area (Å²) in [6.45, 7) is 30.5. The van der Waals surface area contributed by atoms with Gasteiger partial charge in [0.2, 0.25) is 0 Å². The minimum atomic E-state index is 0.528. The standard InChI is InChI=1S/C11H14.C9H12.C8H14.C4H8.C2H6/c1-3-4-5-11-8-6-10(2)7-9-11;1-7-4-5-8(2)9(3)6-7;1-7(2)8(3)5-4-6-8;1-4(2)3;1-2/h4-9H,3H2,1-2H3;4-6H,1-3H3;1,4-6H2,2-3H3;1H2,2-3H3;1-2H3/b5-4+;;;;. The third-order valence-electron chi connectivity index (χ3n) is 5.77. The summed E-state index contributed by atoms with van der Waals surface area (Å²) < 4.78 is 0. The van der Waals surface area contributed by atoms with Gasteiger partial charge in [0.25, 0.3) is 0 Å². The molecule has 0 unspecified atom stereocenters. The van der Waals surface area contributed by atoms with E-state index >= 15 is 0 Å². The van der Waals surface area contributed by atoms with Crippen LogP contribution in [-0.2, 0) is 0 Å². The maximum absolute atomic E-state index is 3.95. The van der Waals surface area contributed by atoms with E-state index in [0.717, 1.165) is 6.42 Å². The minimum Gasteiger partial charge on any atom is -0.100 e. The van der Waals surface area contributed by atoms with Gasteiger partial charge >= 0.3 is 0 Å². The van der Waals surface area contributed by atoms with Gasteiger partial charge in [-0.2, -0.15) is 0 Å². The van der Waals surface area contributed by atoms with E-state index in [1.54, 1.807) is 0 Å². The number of aryl methyl sites for hydroxylation is 4. The first-order chi connectivity index (χ1) is 15.9. The van der Waals surface area contributed by atoms with Crippen LogP contribution in [0, 0.1) is 33.1 Å². The third kappa shape index (κ3) is 16.3. The number of hydrogen-bond donors (Lipinski definition) is 0. The first-order valence-corrected chi connectivity index (χ1v) is 13.0. The molecule has 2 aromatic carbocycles. The van der Waals surface area contributed by atoms with Crippen LogP contribution in [0.4, 0.5) is 0 Å². The Bertz CT molecular complexity index is 838. The fraction of sp³-hybridized carbons (Fsp3) is 0.471. The first kappa shape index (κ1) is 33.8. The van der Waals surface area contributed by atoms with E-state index in [0.29, 0.717) is 5.41 Å². The van der Waals surface area contributed by atoms with E-state index in [1.165, 1.54) is 58.2 Å². The molecule has 1 saturated carbocycles. The molecule has 0 saturated heterocycles. The molecule has 0 bridgehead atoms. The molecular weight excluding hydrogens is 408 g/mol. The lowest BCUT2D eigenvalue weighted by Gasteiger charge is -2.39. The number of allylic oxidation sites excluding steroid dienone is 3. The molecule has 1 aliphatic rings. The molecule has 1 fully saturated rings. The van der Waals surface area contributed by atoms with Crippen molar-refractivity contribution >= 4 is 6.08 Å². The Balaban J connectivity index is 0. The zero-order chi connectivity index (χ0) is 26.7. The van der Waals surface area contributed by atoms with Crippen LogP contribution in [0.5, 0.6) is 0 Å². The lowest BCUT2D eigenvalue weighted by Crippen LogP contribution is -2.25.